The van der Waals surface area contributed by atoms with E-state index in [2.05, 4.69) is 15.1 Å². The second-order valence-corrected chi connectivity index (χ2v) is 11.0. The Hall–Kier alpha value is -2.92. The molecule has 1 aliphatic carbocycles. The van der Waals surface area contributed by atoms with E-state index in [4.69, 9.17) is 26.1 Å². The summed E-state index contributed by atoms with van der Waals surface area (Å²) in [6.45, 7) is 4.90. The molecule has 3 aliphatic rings. The molecular weight excluding hydrogens is 534 g/mol. The minimum atomic E-state index is -0.193. The van der Waals surface area contributed by atoms with Crippen molar-refractivity contribution in [2.75, 3.05) is 72.0 Å². The van der Waals surface area contributed by atoms with Crippen molar-refractivity contribution in [3.8, 4) is 11.5 Å². The number of piperazine rings is 1. The highest BCUT2D eigenvalue weighted by atomic mass is 35.5. The smallest absolute Gasteiger partial charge is 0.254 e. The zero-order chi connectivity index (χ0) is 28.2. The molecule has 2 aromatic rings. The lowest BCUT2D eigenvalue weighted by Gasteiger charge is -2.37. The summed E-state index contributed by atoms with van der Waals surface area (Å²) in [4.78, 5) is 38.4. The number of hydrogen-bond donors (Lipinski definition) is 2. The Morgan fingerprint density at radius 3 is 2.40 bits per heavy atom. The average Bonchev–Trinajstić information content (AvgIpc) is 2.96. The first-order valence-corrected chi connectivity index (χ1v) is 14.4. The van der Waals surface area contributed by atoms with E-state index in [-0.39, 0.29) is 25.0 Å². The van der Waals surface area contributed by atoms with Gasteiger partial charge in [0, 0.05) is 75.3 Å². The van der Waals surface area contributed by atoms with Crippen molar-refractivity contribution in [1.29, 1.82) is 0 Å². The van der Waals surface area contributed by atoms with Crippen molar-refractivity contribution in [3.05, 3.63) is 45.2 Å². The summed E-state index contributed by atoms with van der Waals surface area (Å²) in [6, 6.07) is 3.27. The number of aryl methyl sites for hydroxylation is 1. The minimum absolute atomic E-state index is 0.0735. The molecule has 3 heterocycles. The number of nitrogens with zero attached hydrogens (tertiary/aromatic N) is 4. The lowest BCUT2D eigenvalue weighted by molar-refractivity contribution is -0.117. The number of methoxy groups -OCH3 is 2. The molecule has 1 aromatic carbocycles. The number of pyridine rings is 1. The van der Waals surface area contributed by atoms with E-state index in [0.717, 1.165) is 66.9 Å². The summed E-state index contributed by atoms with van der Waals surface area (Å²) in [5, 5.41) is 12.6. The Balaban J connectivity index is 1.35. The van der Waals surface area contributed by atoms with E-state index in [1.54, 1.807) is 12.1 Å². The summed E-state index contributed by atoms with van der Waals surface area (Å²) >= 11 is 6.28. The Kier molecular flexibility index (Phi) is 9.10. The topological polar surface area (TPSA) is 107 Å². The molecule has 1 fully saturated rings. The largest absolute Gasteiger partial charge is 0.495 e. The molecule has 0 atom stereocenters. The van der Waals surface area contributed by atoms with Crippen molar-refractivity contribution in [1.82, 2.24) is 19.7 Å². The number of ether oxygens (including phenoxy) is 2. The van der Waals surface area contributed by atoms with E-state index >= 15 is 0 Å². The van der Waals surface area contributed by atoms with Crippen LogP contribution in [0.25, 0.3) is 0 Å². The number of nitrogens with one attached hydrogen (secondary N) is 1. The minimum Gasteiger partial charge on any atom is -0.495 e. The number of halogens is 1. The van der Waals surface area contributed by atoms with Gasteiger partial charge in [0.25, 0.3) is 5.91 Å². The van der Waals surface area contributed by atoms with Gasteiger partial charge in [0.1, 0.15) is 11.5 Å². The number of aliphatic hydroxyl groups is 1. The maximum atomic E-state index is 14.0. The highest BCUT2D eigenvalue weighted by Gasteiger charge is 2.33. The number of rotatable bonds is 8. The molecule has 0 radical (unpaired) electrons. The number of anilines is 1. The van der Waals surface area contributed by atoms with Crippen LogP contribution < -0.4 is 14.8 Å². The van der Waals surface area contributed by atoms with Crippen LogP contribution in [0, 0.1) is 0 Å². The zero-order valence-corrected chi connectivity index (χ0v) is 24.1. The number of carbonyl (C=O) groups excluding carboxylic acids is 2. The van der Waals surface area contributed by atoms with Crippen molar-refractivity contribution < 1.29 is 24.2 Å². The fourth-order valence-corrected chi connectivity index (χ4v) is 6.24. The van der Waals surface area contributed by atoms with Crippen molar-refractivity contribution in [2.24, 2.45) is 0 Å². The third-order valence-corrected chi connectivity index (χ3v) is 8.41. The number of benzene rings is 1. The first kappa shape index (κ1) is 28.6. The van der Waals surface area contributed by atoms with Crippen LogP contribution in [0.15, 0.2) is 12.1 Å². The van der Waals surface area contributed by atoms with Gasteiger partial charge >= 0.3 is 0 Å². The van der Waals surface area contributed by atoms with Gasteiger partial charge in [0.15, 0.2) is 0 Å². The zero-order valence-electron chi connectivity index (χ0n) is 23.3. The predicted octanol–water partition coefficient (Wildman–Crippen LogP) is 2.38. The molecule has 0 spiro atoms. The number of hydrogen-bond acceptors (Lipinski definition) is 8. The molecule has 5 rings (SSSR count). The van der Waals surface area contributed by atoms with Gasteiger partial charge in [-0.3, -0.25) is 24.4 Å². The summed E-state index contributed by atoms with van der Waals surface area (Å²) in [6.07, 6.45) is 4.61. The Morgan fingerprint density at radius 1 is 0.950 bits per heavy atom. The molecule has 40 heavy (non-hydrogen) atoms. The molecule has 2 amide bonds. The van der Waals surface area contributed by atoms with Crippen LogP contribution in [0.3, 0.4) is 0 Å². The number of carbonyl (C=O) groups is 2. The van der Waals surface area contributed by atoms with Crippen molar-refractivity contribution in [2.45, 2.75) is 38.6 Å². The first-order chi connectivity index (χ1) is 19.4. The molecule has 1 saturated heterocycles. The highest BCUT2D eigenvalue weighted by Crippen LogP contribution is 2.36. The monoisotopic (exact) mass is 571 g/mol. The molecule has 10 nitrogen and oxygen atoms in total. The van der Waals surface area contributed by atoms with Crippen molar-refractivity contribution >= 4 is 29.1 Å². The Bertz CT molecular complexity index is 1260. The van der Waals surface area contributed by atoms with Crippen LogP contribution in [-0.2, 0) is 30.6 Å². The third-order valence-electron chi connectivity index (χ3n) is 8.11. The lowest BCUT2D eigenvalue weighted by Crippen LogP contribution is -2.50. The number of aromatic nitrogens is 1. The molecule has 2 N–H and O–H groups in total. The summed E-state index contributed by atoms with van der Waals surface area (Å²) in [7, 11) is 3.05. The molecule has 0 bridgehead atoms. The molecule has 1 aromatic heterocycles. The van der Waals surface area contributed by atoms with Gasteiger partial charge in [-0.05, 0) is 37.3 Å². The second kappa shape index (κ2) is 12.7. The molecule has 2 aliphatic heterocycles. The van der Waals surface area contributed by atoms with E-state index in [1.165, 1.54) is 14.2 Å². The number of β-amino-alcohol motifs (C(OH)–C–C–N with tert-alkyl or cyclic N) is 1. The normalized spacial score (nSPS) is 17.6. The van der Waals surface area contributed by atoms with Crippen LogP contribution in [0.2, 0.25) is 5.02 Å². The fraction of sp³-hybridized carbons (Fsp3) is 0.552. The van der Waals surface area contributed by atoms with Gasteiger partial charge in [-0.1, -0.05) is 11.6 Å². The standard InChI is InChI=1S/C29H38ClN5O5/c1-39-25-16-26(40-2)24(15-21(25)30)32-27(37)18-34-8-7-23-20(17-34)28(19-5-3-4-6-22(19)31-23)29(38)35-11-9-33(10-12-35)13-14-36/h15-16,36H,3-14,17-18H2,1-2H3,(H,32,37). The van der Waals surface area contributed by atoms with E-state index in [9.17, 15) is 14.7 Å². The van der Waals surface area contributed by atoms with E-state index in [0.29, 0.717) is 61.4 Å². The summed E-state index contributed by atoms with van der Waals surface area (Å²) in [5.74, 6) is 0.805. The molecule has 0 saturated carbocycles. The molecule has 11 heteroatoms. The lowest BCUT2D eigenvalue weighted by atomic mass is 9.86. The van der Waals surface area contributed by atoms with Gasteiger partial charge in [-0.25, -0.2) is 0 Å². The summed E-state index contributed by atoms with van der Waals surface area (Å²) < 4.78 is 10.7. The van der Waals surface area contributed by atoms with Crippen LogP contribution in [-0.4, -0.2) is 103 Å². The first-order valence-electron chi connectivity index (χ1n) is 14.0. The third kappa shape index (κ3) is 6.05. The fourth-order valence-electron chi connectivity index (χ4n) is 6.00. The maximum Gasteiger partial charge on any atom is 0.254 e. The van der Waals surface area contributed by atoms with Crippen LogP contribution in [0.1, 0.15) is 45.7 Å². The second-order valence-electron chi connectivity index (χ2n) is 10.6. The van der Waals surface area contributed by atoms with Crippen LogP contribution in [0.5, 0.6) is 11.5 Å². The number of amides is 2. The van der Waals surface area contributed by atoms with Gasteiger partial charge in [-0.15, -0.1) is 0 Å². The van der Waals surface area contributed by atoms with Crippen LogP contribution >= 0.6 is 11.6 Å². The summed E-state index contributed by atoms with van der Waals surface area (Å²) in [5.41, 5.74) is 5.40. The van der Waals surface area contributed by atoms with Crippen molar-refractivity contribution in [3.63, 3.8) is 0 Å². The molecular formula is C29H38ClN5O5. The van der Waals surface area contributed by atoms with Gasteiger partial charge in [0.05, 0.1) is 43.6 Å². The predicted molar refractivity (Wildman–Crippen MR) is 152 cm³/mol. The Labute approximate surface area is 240 Å². The number of fused-ring (bicyclic) bond motifs is 2. The Morgan fingerprint density at radius 2 is 1.68 bits per heavy atom. The van der Waals surface area contributed by atoms with Gasteiger partial charge < -0.3 is 24.8 Å². The molecule has 0 unspecified atom stereocenters. The van der Waals surface area contributed by atoms with Gasteiger partial charge in [-0.2, -0.15) is 0 Å². The quantitative estimate of drug-likeness (QED) is 0.497. The highest BCUT2D eigenvalue weighted by molar-refractivity contribution is 6.32. The maximum absolute atomic E-state index is 14.0. The van der Waals surface area contributed by atoms with Gasteiger partial charge in [0.2, 0.25) is 5.91 Å². The average molecular weight is 572 g/mol. The van der Waals surface area contributed by atoms with Crippen LogP contribution in [0.4, 0.5) is 5.69 Å². The SMILES string of the molecule is COc1cc(OC)c(NC(=O)CN2CCc3nc4c(c(C(=O)N5CCN(CCO)CC5)c3C2)CCCC4)cc1Cl. The van der Waals surface area contributed by atoms with E-state index < -0.39 is 0 Å². The molecule has 216 valence electrons. The van der Waals surface area contributed by atoms with E-state index in [1.807, 2.05) is 4.90 Å². The number of aliphatic hydroxyl groups excluding tert-OH is 1.